The van der Waals surface area contributed by atoms with Gasteiger partial charge in [-0.1, -0.05) is 24.4 Å². The maximum absolute atomic E-state index is 14.1. The van der Waals surface area contributed by atoms with Crippen molar-refractivity contribution in [2.45, 2.75) is 62.8 Å². The molecule has 2 heterocycles. The lowest BCUT2D eigenvalue weighted by molar-refractivity contribution is -0.137. The van der Waals surface area contributed by atoms with E-state index >= 15 is 0 Å². The summed E-state index contributed by atoms with van der Waals surface area (Å²) in [6.45, 7) is -0.161. The first-order valence-electron chi connectivity index (χ1n) is 13.3. The molecule has 5 rings (SSSR count). The molecule has 3 aliphatic rings. The fraction of sp³-hybridized carbons (Fsp3) is 0.519. The Kier molecular flexibility index (Phi) is 8.69. The zero-order valence-corrected chi connectivity index (χ0v) is 23.2. The second-order valence-electron chi connectivity index (χ2n) is 10.3. The lowest BCUT2D eigenvalue weighted by Crippen LogP contribution is -2.61. The number of alkyl halides is 3. The Bertz CT molecular complexity index is 1250. The summed E-state index contributed by atoms with van der Waals surface area (Å²) in [4.78, 5) is 42.3. The van der Waals surface area contributed by atoms with Crippen LogP contribution in [0.25, 0.3) is 0 Å². The summed E-state index contributed by atoms with van der Waals surface area (Å²) >= 11 is 7.09. The zero-order chi connectivity index (χ0) is 28.4. The van der Waals surface area contributed by atoms with Crippen LogP contribution in [0.5, 0.6) is 0 Å². The molecule has 2 aliphatic carbocycles. The fourth-order valence-electron chi connectivity index (χ4n) is 5.30. The molecule has 3 fully saturated rings. The van der Waals surface area contributed by atoms with Crippen molar-refractivity contribution in [3.63, 3.8) is 0 Å². The predicted molar refractivity (Wildman–Crippen MR) is 146 cm³/mol. The highest BCUT2D eigenvalue weighted by Gasteiger charge is 2.42. The Morgan fingerprint density at radius 3 is 2.38 bits per heavy atom. The van der Waals surface area contributed by atoms with Crippen molar-refractivity contribution in [1.29, 1.82) is 0 Å². The van der Waals surface area contributed by atoms with Crippen molar-refractivity contribution >= 4 is 52.0 Å². The average Bonchev–Trinajstić information content (AvgIpc) is 3.28. The van der Waals surface area contributed by atoms with Crippen LogP contribution in [-0.4, -0.2) is 67.1 Å². The Labute approximate surface area is 238 Å². The highest BCUT2D eigenvalue weighted by molar-refractivity contribution is 7.18. The second-order valence-corrected chi connectivity index (χ2v) is 12.0. The molecule has 216 valence electrons. The Morgan fingerprint density at radius 2 is 1.82 bits per heavy atom. The monoisotopic (exact) mass is 598 g/mol. The van der Waals surface area contributed by atoms with Crippen LogP contribution in [0.4, 0.5) is 24.5 Å². The van der Waals surface area contributed by atoms with Crippen LogP contribution in [0.1, 0.15) is 53.8 Å². The lowest BCUT2D eigenvalue weighted by atomic mass is 9.83. The number of nitrogens with zero attached hydrogens (tertiary/aromatic N) is 2. The number of carbonyl (C=O) groups excluding carboxylic acids is 3. The summed E-state index contributed by atoms with van der Waals surface area (Å²) in [5.41, 5.74) is -1.33. The minimum absolute atomic E-state index is 0.000321. The van der Waals surface area contributed by atoms with Crippen LogP contribution in [0.3, 0.4) is 0 Å². The van der Waals surface area contributed by atoms with Crippen LogP contribution in [0, 0.1) is 0 Å². The van der Waals surface area contributed by atoms with Crippen LogP contribution < -0.4 is 15.5 Å². The SMILES string of the molecule is O=C(NC[C@@H](C(=O)Nc1ccc(N2CCOCC2=O)c(C(F)(F)F)c1)N(C1CCC1)C1CCC1)c1ccc(Cl)s1. The van der Waals surface area contributed by atoms with Gasteiger partial charge in [0.25, 0.3) is 11.8 Å². The molecule has 40 heavy (non-hydrogen) atoms. The predicted octanol–water partition coefficient (Wildman–Crippen LogP) is 4.93. The first kappa shape index (κ1) is 28.8. The third kappa shape index (κ3) is 6.29. The maximum Gasteiger partial charge on any atom is 0.418 e. The first-order valence-corrected chi connectivity index (χ1v) is 14.5. The number of thiophene rings is 1. The molecule has 2 aromatic rings. The van der Waals surface area contributed by atoms with Crippen molar-refractivity contribution in [3.05, 3.63) is 45.1 Å². The summed E-state index contributed by atoms with van der Waals surface area (Å²) in [5, 5.41) is 5.50. The van der Waals surface area contributed by atoms with Gasteiger partial charge in [0.15, 0.2) is 0 Å². The summed E-state index contributed by atoms with van der Waals surface area (Å²) in [6.07, 6.45) is 1.03. The topological polar surface area (TPSA) is 91.0 Å². The van der Waals surface area contributed by atoms with E-state index in [1.165, 1.54) is 12.1 Å². The largest absolute Gasteiger partial charge is 0.418 e. The fourth-order valence-corrected chi connectivity index (χ4v) is 6.26. The zero-order valence-electron chi connectivity index (χ0n) is 21.6. The molecule has 0 spiro atoms. The standard InChI is InChI=1S/C27H30ClF3N4O4S/c28-23-10-9-22(40-23)26(38)32-14-21(35(17-3-1-4-17)18-5-2-6-18)25(37)33-16-7-8-20(19(13-16)27(29,30)31)34-11-12-39-15-24(34)36/h7-10,13,17-18,21H,1-6,11-12,14-15H2,(H,32,38)(H,33,37)/t21-/m0/s1. The molecule has 3 amide bonds. The minimum Gasteiger partial charge on any atom is -0.370 e. The number of morpholine rings is 1. The molecule has 0 unspecified atom stereocenters. The molecule has 1 saturated heterocycles. The molecule has 1 aliphatic heterocycles. The third-order valence-electron chi connectivity index (χ3n) is 7.75. The number of benzene rings is 1. The quantitative estimate of drug-likeness (QED) is 0.427. The van der Waals surface area contributed by atoms with E-state index in [-0.39, 0.29) is 55.7 Å². The van der Waals surface area contributed by atoms with Gasteiger partial charge in [0, 0.05) is 30.9 Å². The first-order chi connectivity index (χ1) is 19.1. The van der Waals surface area contributed by atoms with Crippen LogP contribution in [0.15, 0.2) is 30.3 Å². The Balaban J connectivity index is 1.39. The van der Waals surface area contributed by atoms with Gasteiger partial charge in [-0.3, -0.25) is 19.3 Å². The normalized spacial score (nSPS) is 19.2. The summed E-state index contributed by atoms with van der Waals surface area (Å²) in [5.74, 6) is -1.42. The molecule has 0 bridgehead atoms. The van der Waals surface area contributed by atoms with E-state index in [0.29, 0.717) is 9.21 Å². The molecule has 2 N–H and O–H groups in total. The van der Waals surface area contributed by atoms with Crippen molar-refractivity contribution in [1.82, 2.24) is 10.2 Å². The smallest absolute Gasteiger partial charge is 0.370 e. The number of anilines is 2. The molecule has 1 aromatic carbocycles. The molecule has 1 aromatic heterocycles. The highest BCUT2D eigenvalue weighted by atomic mass is 35.5. The van der Waals surface area contributed by atoms with Gasteiger partial charge in [0.1, 0.15) is 12.6 Å². The lowest BCUT2D eigenvalue weighted by Gasteiger charge is -2.49. The van der Waals surface area contributed by atoms with Crippen LogP contribution >= 0.6 is 22.9 Å². The van der Waals surface area contributed by atoms with E-state index in [4.69, 9.17) is 16.3 Å². The van der Waals surface area contributed by atoms with E-state index in [1.807, 2.05) is 0 Å². The van der Waals surface area contributed by atoms with Crippen molar-refractivity contribution < 1.29 is 32.3 Å². The van der Waals surface area contributed by atoms with Gasteiger partial charge in [-0.15, -0.1) is 11.3 Å². The van der Waals surface area contributed by atoms with E-state index in [1.54, 1.807) is 12.1 Å². The van der Waals surface area contributed by atoms with Gasteiger partial charge in [-0.25, -0.2) is 0 Å². The Hall–Kier alpha value is -2.67. The van der Waals surface area contributed by atoms with E-state index in [2.05, 4.69) is 15.5 Å². The number of ether oxygens (including phenoxy) is 1. The molecular formula is C27H30ClF3N4O4S. The number of amides is 3. The van der Waals surface area contributed by atoms with Crippen molar-refractivity contribution in [2.75, 3.05) is 36.5 Å². The molecule has 0 radical (unpaired) electrons. The number of halogens is 4. The van der Waals surface area contributed by atoms with Gasteiger partial charge in [0.05, 0.1) is 27.1 Å². The van der Waals surface area contributed by atoms with Crippen molar-refractivity contribution in [3.8, 4) is 0 Å². The molecule has 2 saturated carbocycles. The molecule has 1 atom stereocenters. The van der Waals surface area contributed by atoms with Gasteiger partial charge in [-0.2, -0.15) is 13.2 Å². The van der Waals surface area contributed by atoms with Gasteiger partial charge in [-0.05, 0) is 56.0 Å². The third-order valence-corrected chi connectivity index (χ3v) is 8.98. The van der Waals surface area contributed by atoms with Crippen LogP contribution in [0.2, 0.25) is 4.34 Å². The number of rotatable bonds is 9. The van der Waals surface area contributed by atoms with E-state index < -0.39 is 29.6 Å². The number of carbonyl (C=O) groups is 3. The number of hydrogen-bond donors (Lipinski definition) is 2. The summed E-state index contributed by atoms with van der Waals surface area (Å²) in [7, 11) is 0. The maximum atomic E-state index is 14.1. The average molecular weight is 599 g/mol. The van der Waals surface area contributed by atoms with Gasteiger partial charge >= 0.3 is 6.18 Å². The molecule has 13 heteroatoms. The number of hydrogen-bond acceptors (Lipinski definition) is 6. The second kappa shape index (κ2) is 12.1. The molecule has 8 nitrogen and oxygen atoms in total. The minimum atomic E-state index is -4.76. The van der Waals surface area contributed by atoms with Crippen LogP contribution in [-0.2, 0) is 20.5 Å². The van der Waals surface area contributed by atoms with Gasteiger partial charge in [0.2, 0.25) is 5.91 Å². The summed E-state index contributed by atoms with van der Waals surface area (Å²) in [6, 6.07) is 6.23. The number of nitrogens with one attached hydrogen (secondary N) is 2. The van der Waals surface area contributed by atoms with Gasteiger partial charge < -0.3 is 20.3 Å². The Morgan fingerprint density at radius 1 is 1.12 bits per heavy atom. The molecular weight excluding hydrogens is 569 g/mol. The van der Waals surface area contributed by atoms with Crippen molar-refractivity contribution in [2.24, 2.45) is 0 Å². The summed E-state index contributed by atoms with van der Waals surface area (Å²) < 4.78 is 47.8. The van der Waals surface area contributed by atoms with E-state index in [0.717, 1.165) is 60.8 Å². The highest BCUT2D eigenvalue weighted by Crippen LogP contribution is 2.39. The van der Waals surface area contributed by atoms with E-state index in [9.17, 15) is 27.6 Å².